The smallest absolute Gasteiger partial charge is 0.374 e. The molecule has 1 atom stereocenters. The topological polar surface area (TPSA) is 72.3 Å². The van der Waals surface area contributed by atoms with Crippen molar-refractivity contribution in [1.82, 2.24) is 25.2 Å². The van der Waals surface area contributed by atoms with Crippen LogP contribution in [0.5, 0.6) is 0 Å². The van der Waals surface area contributed by atoms with Crippen LogP contribution in [0.2, 0.25) is 0 Å². The Balaban J connectivity index is 1.69. The molecule has 1 unspecified atom stereocenters. The van der Waals surface area contributed by atoms with Gasteiger partial charge in [0.15, 0.2) is 5.69 Å². The number of amides is 1. The molecule has 0 aliphatic carbocycles. The molecule has 3 rings (SSSR count). The molecule has 0 saturated carbocycles. The minimum atomic E-state index is -4.53. The summed E-state index contributed by atoms with van der Waals surface area (Å²) in [4.78, 5) is 14.3. The summed E-state index contributed by atoms with van der Waals surface area (Å²) in [5, 5.41) is 10.0. The van der Waals surface area contributed by atoms with E-state index in [1.165, 1.54) is 24.4 Å². The number of halogens is 3. The fourth-order valence-electron chi connectivity index (χ4n) is 2.69. The van der Waals surface area contributed by atoms with E-state index in [1.54, 1.807) is 0 Å². The van der Waals surface area contributed by atoms with E-state index in [1.807, 2.05) is 7.05 Å². The third-order valence-electron chi connectivity index (χ3n) is 4.01. The van der Waals surface area contributed by atoms with E-state index in [2.05, 4.69) is 20.5 Å². The summed E-state index contributed by atoms with van der Waals surface area (Å²) in [7, 11) is 1.96. The number of alkyl halides is 3. The maximum Gasteiger partial charge on any atom is 0.418 e. The molecule has 26 heavy (non-hydrogen) atoms. The number of benzene rings is 1. The minimum absolute atomic E-state index is 0.0638. The number of carbonyl (C=O) groups is 1. The third kappa shape index (κ3) is 4.20. The van der Waals surface area contributed by atoms with Crippen LogP contribution in [-0.4, -0.2) is 65.2 Å². The number of hydrogen-bond donors (Lipinski definition) is 1. The highest BCUT2D eigenvalue weighted by Crippen LogP contribution is 2.33. The molecule has 1 aromatic heterocycles. The molecule has 1 amide bonds. The molecule has 10 heteroatoms. The molecule has 0 radical (unpaired) electrons. The molecular weight excluding hydrogens is 351 g/mol. The molecule has 2 aromatic rings. The highest BCUT2D eigenvalue weighted by Gasteiger charge is 2.34. The lowest BCUT2D eigenvalue weighted by molar-refractivity contribution is -0.137. The van der Waals surface area contributed by atoms with Crippen LogP contribution in [0.15, 0.2) is 30.5 Å². The van der Waals surface area contributed by atoms with Crippen LogP contribution in [0.4, 0.5) is 13.2 Å². The molecule has 1 saturated heterocycles. The summed E-state index contributed by atoms with van der Waals surface area (Å²) in [5.74, 6) is -0.516. The zero-order chi connectivity index (χ0) is 18.7. The van der Waals surface area contributed by atoms with Gasteiger partial charge in [0.2, 0.25) is 0 Å². The van der Waals surface area contributed by atoms with Crippen LogP contribution in [-0.2, 0) is 10.9 Å². The van der Waals surface area contributed by atoms with E-state index in [4.69, 9.17) is 4.74 Å². The van der Waals surface area contributed by atoms with Crippen LogP contribution in [0.1, 0.15) is 16.1 Å². The van der Waals surface area contributed by atoms with Gasteiger partial charge < -0.3 is 15.0 Å². The average molecular weight is 369 g/mol. The van der Waals surface area contributed by atoms with E-state index < -0.39 is 17.6 Å². The van der Waals surface area contributed by atoms with Crippen LogP contribution >= 0.6 is 0 Å². The predicted molar refractivity (Wildman–Crippen MR) is 85.9 cm³/mol. The van der Waals surface area contributed by atoms with Gasteiger partial charge in [-0.3, -0.25) is 4.79 Å². The lowest BCUT2D eigenvalue weighted by Crippen LogP contribution is -2.46. The quantitative estimate of drug-likeness (QED) is 0.881. The van der Waals surface area contributed by atoms with Gasteiger partial charge in [-0.1, -0.05) is 17.3 Å². The molecule has 1 N–H and O–H groups in total. The summed E-state index contributed by atoms with van der Waals surface area (Å²) in [6, 6.07) is 4.97. The summed E-state index contributed by atoms with van der Waals surface area (Å²) in [6.45, 7) is 2.39. The van der Waals surface area contributed by atoms with E-state index in [9.17, 15) is 18.0 Å². The van der Waals surface area contributed by atoms with Gasteiger partial charge in [0.05, 0.1) is 30.2 Å². The van der Waals surface area contributed by atoms with Gasteiger partial charge in [-0.2, -0.15) is 13.2 Å². The monoisotopic (exact) mass is 369 g/mol. The fourth-order valence-corrected chi connectivity index (χ4v) is 2.69. The zero-order valence-electron chi connectivity index (χ0n) is 14.0. The number of para-hydroxylation sites is 1. The average Bonchev–Trinajstić information content (AvgIpc) is 3.09. The molecule has 0 bridgehead atoms. The standard InChI is InChI=1S/C16H18F3N5O2/c1-23-6-7-26-11(9-23)8-20-15(25)13-10-24(22-21-13)14-5-3-2-4-12(14)16(17,18)19/h2-5,10-11H,6-9H2,1H3,(H,20,25). The van der Waals surface area contributed by atoms with Crippen molar-refractivity contribution in [3.63, 3.8) is 0 Å². The summed E-state index contributed by atoms with van der Waals surface area (Å²) in [6.07, 6.45) is -3.50. The molecule has 1 aliphatic heterocycles. The van der Waals surface area contributed by atoms with Crippen molar-refractivity contribution in [2.24, 2.45) is 0 Å². The summed E-state index contributed by atoms with van der Waals surface area (Å²) >= 11 is 0. The maximum atomic E-state index is 13.1. The number of aromatic nitrogens is 3. The highest BCUT2D eigenvalue weighted by atomic mass is 19.4. The number of nitrogens with zero attached hydrogens (tertiary/aromatic N) is 4. The number of likely N-dealkylation sites (N-methyl/N-ethyl adjacent to an activating group) is 1. The second-order valence-corrected chi connectivity index (χ2v) is 6.03. The zero-order valence-corrected chi connectivity index (χ0v) is 14.0. The van der Waals surface area contributed by atoms with Gasteiger partial charge in [0.25, 0.3) is 5.91 Å². The first kappa shape index (κ1) is 18.3. The Morgan fingerprint density at radius 2 is 2.15 bits per heavy atom. The second kappa shape index (κ2) is 7.42. The van der Waals surface area contributed by atoms with Crippen molar-refractivity contribution < 1.29 is 22.7 Å². The van der Waals surface area contributed by atoms with Gasteiger partial charge >= 0.3 is 6.18 Å². The number of ether oxygens (including phenoxy) is 1. The molecule has 2 heterocycles. The van der Waals surface area contributed by atoms with Gasteiger partial charge in [0.1, 0.15) is 0 Å². The Bertz CT molecular complexity index is 777. The predicted octanol–water partition coefficient (Wildman–Crippen LogP) is 1.35. The molecular formula is C16H18F3N5O2. The number of morpholine rings is 1. The minimum Gasteiger partial charge on any atom is -0.374 e. The number of nitrogens with one attached hydrogen (secondary N) is 1. The molecule has 1 aliphatic rings. The van der Waals surface area contributed by atoms with Crippen LogP contribution in [0.25, 0.3) is 5.69 Å². The number of rotatable bonds is 4. The van der Waals surface area contributed by atoms with Gasteiger partial charge in [-0.25, -0.2) is 4.68 Å². The van der Waals surface area contributed by atoms with Gasteiger partial charge in [0, 0.05) is 19.6 Å². The normalized spacial score (nSPS) is 18.7. The van der Waals surface area contributed by atoms with Crippen molar-refractivity contribution in [3.8, 4) is 5.69 Å². The van der Waals surface area contributed by atoms with Crippen molar-refractivity contribution in [2.45, 2.75) is 12.3 Å². The van der Waals surface area contributed by atoms with Crippen LogP contribution in [0, 0.1) is 0 Å². The highest BCUT2D eigenvalue weighted by molar-refractivity contribution is 5.91. The van der Waals surface area contributed by atoms with E-state index >= 15 is 0 Å². The first-order chi connectivity index (χ1) is 12.3. The SMILES string of the molecule is CN1CCOC(CNC(=O)c2cn(-c3ccccc3C(F)(F)F)nn2)C1. The molecule has 1 fully saturated rings. The van der Waals surface area contributed by atoms with E-state index in [0.29, 0.717) is 13.2 Å². The maximum absolute atomic E-state index is 13.1. The van der Waals surface area contributed by atoms with Gasteiger partial charge in [-0.15, -0.1) is 5.10 Å². The summed E-state index contributed by atoms with van der Waals surface area (Å²) in [5.41, 5.74) is -1.11. The summed E-state index contributed by atoms with van der Waals surface area (Å²) < 4.78 is 45.8. The van der Waals surface area contributed by atoms with Crippen molar-refractivity contribution in [3.05, 3.63) is 41.7 Å². The Hall–Kier alpha value is -2.46. The van der Waals surface area contributed by atoms with E-state index in [-0.39, 0.29) is 24.0 Å². The molecule has 7 nitrogen and oxygen atoms in total. The van der Waals surface area contributed by atoms with Crippen molar-refractivity contribution >= 4 is 5.91 Å². The molecule has 0 spiro atoms. The second-order valence-electron chi connectivity index (χ2n) is 6.03. The van der Waals surface area contributed by atoms with Crippen LogP contribution < -0.4 is 5.32 Å². The lowest BCUT2D eigenvalue weighted by Gasteiger charge is -2.29. The Kier molecular flexibility index (Phi) is 5.23. The Morgan fingerprint density at radius 3 is 2.88 bits per heavy atom. The largest absolute Gasteiger partial charge is 0.418 e. The van der Waals surface area contributed by atoms with E-state index in [0.717, 1.165) is 17.3 Å². The van der Waals surface area contributed by atoms with Crippen molar-refractivity contribution in [2.75, 3.05) is 33.3 Å². The fraction of sp³-hybridized carbons (Fsp3) is 0.438. The number of hydrogen-bond acceptors (Lipinski definition) is 5. The lowest BCUT2D eigenvalue weighted by atomic mass is 10.1. The first-order valence-corrected chi connectivity index (χ1v) is 8.02. The van der Waals surface area contributed by atoms with Crippen molar-refractivity contribution in [1.29, 1.82) is 0 Å². The Labute approximate surface area is 147 Å². The molecule has 1 aromatic carbocycles. The van der Waals surface area contributed by atoms with Gasteiger partial charge in [-0.05, 0) is 19.2 Å². The van der Waals surface area contributed by atoms with Crippen LogP contribution in [0.3, 0.4) is 0 Å². The molecule has 140 valence electrons. The Morgan fingerprint density at radius 1 is 1.38 bits per heavy atom. The third-order valence-corrected chi connectivity index (χ3v) is 4.01. The first-order valence-electron chi connectivity index (χ1n) is 8.02. The number of carbonyl (C=O) groups excluding carboxylic acids is 1.